The predicted octanol–water partition coefficient (Wildman–Crippen LogP) is 2.89. The standard InChI is InChI=1S/C14H14FNO3/c1-4-5-8-11(18-2)12(15)10-7-6-9-16-13(10)14(17)19-3/h4-9H,1H2,2-3H3/b8-5-,12-11+. The number of hydrogen-bond acceptors (Lipinski definition) is 4. The van der Waals surface area contributed by atoms with E-state index in [0.29, 0.717) is 0 Å². The summed E-state index contributed by atoms with van der Waals surface area (Å²) >= 11 is 0. The molecule has 100 valence electrons. The lowest BCUT2D eigenvalue weighted by molar-refractivity contribution is 0.0593. The number of halogens is 1. The molecule has 0 radical (unpaired) electrons. The summed E-state index contributed by atoms with van der Waals surface area (Å²) in [7, 11) is 2.54. The number of pyridine rings is 1. The van der Waals surface area contributed by atoms with Crippen LogP contribution >= 0.6 is 0 Å². The van der Waals surface area contributed by atoms with Crippen LogP contribution in [0.25, 0.3) is 5.83 Å². The van der Waals surface area contributed by atoms with Crippen LogP contribution in [0.15, 0.2) is 48.9 Å². The summed E-state index contributed by atoms with van der Waals surface area (Å²) in [5.41, 5.74) is -0.0936. The number of hydrogen-bond donors (Lipinski definition) is 0. The van der Waals surface area contributed by atoms with Gasteiger partial charge in [-0.3, -0.25) is 0 Å². The van der Waals surface area contributed by atoms with E-state index in [1.54, 1.807) is 0 Å². The Bertz CT molecular complexity index is 535. The molecule has 1 heterocycles. The summed E-state index contributed by atoms with van der Waals surface area (Å²) in [5, 5.41) is 0. The zero-order chi connectivity index (χ0) is 14.3. The van der Waals surface area contributed by atoms with E-state index in [0.717, 1.165) is 0 Å². The van der Waals surface area contributed by atoms with Gasteiger partial charge in [0, 0.05) is 11.8 Å². The van der Waals surface area contributed by atoms with E-state index in [4.69, 9.17) is 4.74 Å². The molecule has 0 amide bonds. The van der Waals surface area contributed by atoms with Crippen LogP contribution in [0.4, 0.5) is 4.39 Å². The number of allylic oxidation sites excluding steroid dienone is 3. The molecule has 0 unspecified atom stereocenters. The fraction of sp³-hybridized carbons (Fsp3) is 0.143. The fourth-order valence-electron chi connectivity index (χ4n) is 1.36. The first kappa shape index (κ1) is 14.6. The SMILES string of the molecule is C=C/C=C\C(OC)=C(/F)c1cccnc1C(=O)OC. The third kappa shape index (κ3) is 3.51. The first-order valence-electron chi connectivity index (χ1n) is 5.42. The average molecular weight is 263 g/mol. The second kappa shape index (κ2) is 7.10. The largest absolute Gasteiger partial charge is 0.494 e. The molecule has 0 aliphatic heterocycles. The molecule has 1 rings (SSSR count). The minimum absolute atomic E-state index is 0.0138. The van der Waals surface area contributed by atoms with E-state index in [1.165, 1.54) is 50.8 Å². The van der Waals surface area contributed by atoms with Gasteiger partial charge in [-0.1, -0.05) is 18.7 Å². The maximum absolute atomic E-state index is 14.3. The molecule has 0 saturated heterocycles. The predicted molar refractivity (Wildman–Crippen MR) is 70.0 cm³/mol. The number of ether oxygens (including phenoxy) is 2. The summed E-state index contributed by atoms with van der Waals surface area (Å²) in [4.78, 5) is 15.3. The molecule has 1 aromatic rings. The van der Waals surface area contributed by atoms with E-state index in [2.05, 4.69) is 16.3 Å². The molecule has 0 aliphatic rings. The lowest BCUT2D eigenvalue weighted by atomic mass is 10.1. The van der Waals surface area contributed by atoms with E-state index in [9.17, 15) is 9.18 Å². The van der Waals surface area contributed by atoms with Crippen LogP contribution in [-0.4, -0.2) is 25.2 Å². The van der Waals surface area contributed by atoms with Gasteiger partial charge in [-0.25, -0.2) is 14.2 Å². The van der Waals surface area contributed by atoms with Crippen molar-refractivity contribution in [2.24, 2.45) is 0 Å². The molecule has 4 nitrogen and oxygen atoms in total. The first-order valence-corrected chi connectivity index (χ1v) is 5.42. The molecule has 0 N–H and O–H groups in total. The summed E-state index contributed by atoms with van der Waals surface area (Å²) < 4.78 is 23.8. The van der Waals surface area contributed by atoms with Crippen molar-refractivity contribution in [3.8, 4) is 0 Å². The van der Waals surface area contributed by atoms with Gasteiger partial charge in [0.05, 0.1) is 14.2 Å². The second-order valence-electron chi connectivity index (χ2n) is 3.37. The van der Waals surface area contributed by atoms with Gasteiger partial charge in [-0.15, -0.1) is 0 Å². The van der Waals surface area contributed by atoms with Gasteiger partial charge < -0.3 is 9.47 Å². The van der Waals surface area contributed by atoms with Gasteiger partial charge in [0.2, 0.25) is 0 Å². The number of aromatic nitrogens is 1. The molecule has 0 aliphatic carbocycles. The third-order valence-electron chi connectivity index (χ3n) is 2.24. The number of carbonyl (C=O) groups is 1. The maximum atomic E-state index is 14.3. The number of esters is 1. The van der Waals surface area contributed by atoms with Gasteiger partial charge in [-0.2, -0.15) is 0 Å². The smallest absolute Gasteiger partial charge is 0.357 e. The van der Waals surface area contributed by atoms with Crippen molar-refractivity contribution in [3.05, 3.63) is 60.2 Å². The van der Waals surface area contributed by atoms with Crippen molar-refractivity contribution < 1.29 is 18.7 Å². The topological polar surface area (TPSA) is 48.4 Å². The van der Waals surface area contributed by atoms with Crippen LogP contribution in [0, 0.1) is 0 Å². The Morgan fingerprint density at radius 3 is 2.74 bits per heavy atom. The Balaban J connectivity index is 3.35. The van der Waals surface area contributed by atoms with Gasteiger partial charge >= 0.3 is 5.97 Å². The molecule has 5 heteroatoms. The summed E-state index contributed by atoms with van der Waals surface area (Å²) in [6.45, 7) is 3.48. The average Bonchev–Trinajstić information content (AvgIpc) is 2.47. The molecule has 19 heavy (non-hydrogen) atoms. The molecule has 0 saturated carbocycles. The van der Waals surface area contributed by atoms with Crippen LogP contribution in [-0.2, 0) is 9.47 Å². The van der Waals surface area contributed by atoms with Crippen molar-refractivity contribution in [1.29, 1.82) is 0 Å². The first-order chi connectivity index (χ1) is 9.15. The summed E-state index contributed by atoms with van der Waals surface area (Å²) in [5.74, 6) is -1.44. The summed E-state index contributed by atoms with van der Waals surface area (Å²) in [6, 6.07) is 2.95. The van der Waals surface area contributed by atoms with Gasteiger partial charge in [-0.05, 0) is 18.2 Å². The van der Waals surface area contributed by atoms with E-state index < -0.39 is 11.8 Å². The van der Waals surface area contributed by atoms with Gasteiger partial charge in [0.15, 0.2) is 17.3 Å². The molecular weight excluding hydrogens is 249 g/mol. The van der Waals surface area contributed by atoms with Crippen LogP contribution in [0.3, 0.4) is 0 Å². The minimum Gasteiger partial charge on any atom is -0.494 e. The van der Waals surface area contributed by atoms with Crippen LogP contribution in [0.5, 0.6) is 0 Å². The quantitative estimate of drug-likeness (QED) is 0.465. The third-order valence-corrected chi connectivity index (χ3v) is 2.24. The van der Waals surface area contributed by atoms with E-state index >= 15 is 0 Å². The Kier molecular flexibility index (Phi) is 5.47. The molecule has 0 atom stereocenters. The summed E-state index contributed by atoms with van der Waals surface area (Å²) in [6.07, 6.45) is 5.79. The van der Waals surface area contributed by atoms with Crippen molar-refractivity contribution in [3.63, 3.8) is 0 Å². The van der Waals surface area contributed by atoms with Gasteiger partial charge in [0.25, 0.3) is 0 Å². The number of methoxy groups -OCH3 is 2. The highest BCUT2D eigenvalue weighted by atomic mass is 19.1. The lowest BCUT2D eigenvalue weighted by Gasteiger charge is -2.07. The highest BCUT2D eigenvalue weighted by Crippen LogP contribution is 2.24. The Morgan fingerprint density at radius 2 is 2.16 bits per heavy atom. The van der Waals surface area contributed by atoms with Crippen molar-refractivity contribution >= 4 is 11.8 Å². The number of carbonyl (C=O) groups excluding carboxylic acids is 1. The maximum Gasteiger partial charge on any atom is 0.357 e. The Morgan fingerprint density at radius 1 is 1.42 bits per heavy atom. The molecule has 0 bridgehead atoms. The number of rotatable bonds is 5. The van der Waals surface area contributed by atoms with Crippen LogP contribution in [0.2, 0.25) is 0 Å². The Hall–Kier alpha value is -2.43. The second-order valence-corrected chi connectivity index (χ2v) is 3.37. The van der Waals surface area contributed by atoms with Crippen LogP contribution < -0.4 is 0 Å². The lowest BCUT2D eigenvalue weighted by Crippen LogP contribution is -2.08. The number of nitrogens with zero attached hydrogens (tertiary/aromatic N) is 1. The van der Waals surface area contributed by atoms with Gasteiger partial charge in [0.1, 0.15) is 0 Å². The van der Waals surface area contributed by atoms with Crippen LogP contribution in [0.1, 0.15) is 16.1 Å². The zero-order valence-corrected chi connectivity index (χ0v) is 10.7. The molecular formula is C14H14FNO3. The highest BCUT2D eigenvalue weighted by molar-refractivity contribution is 5.92. The van der Waals surface area contributed by atoms with E-state index in [-0.39, 0.29) is 17.0 Å². The molecule has 1 aromatic heterocycles. The molecule has 0 aromatic carbocycles. The van der Waals surface area contributed by atoms with E-state index in [1.807, 2.05) is 0 Å². The van der Waals surface area contributed by atoms with Crippen molar-refractivity contribution in [2.75, 3.05) is 14.2 Å². The normalized spacial score (nSPS) is 11.9. The van der Waals surface area contributed by atoms with Crippen molar-refractivity contribution in [1.82, 2.24) is 4.98 Å². The monoisotopic (exact) mass is 263 g/mol. The Labute approximate surface area is 110 Å². The highest BCUT2D eigenvalue weighted by Gasteiger charge is 2.18. The molecule has 0 fully saturated rings. The minimum atomic E-state index is -0.714. The molecule has 0 spiro atoms. The van der Waals surface area contributed by atoms with Crippen molar-refractivity contribution in [2.45, 2.75) is 0 Å². The fourth-order valence-corrected chi connectivity index (χ4v) is 1.36. The zero-order valence-electron chi connectivity index (χ0n) is 10.7.